The second-order valence-electron chi connectivity index (χ2n) is 5.32. The van der Waals surface area contributed by atoms with Gasteiger partial charge in [0.2, 0.25) is 5.89 Å². The zero-order valence-corrected chi connectivity index (χ0v) is 11.2. The van der Waals surface area contributed by atoms with Gasteiger partial charge >= 0.3 is 0 Å². The fourth-order valence-electron chi connectivity index (χ4n) is 2.56. The van der Waals surface area contributed by atoms with Crippen molar-refractivity contribution in [1.82, 2.24) is 10.3 Å². The van der Waals surface area contributed by atoms with Crippen LogP contribution in [0.1, 0.15) is 57.1 Å². The molecule has 1 aromatic rings. The molecule has 1 saturated carbocycles. The van der Waals surface area contributed by atoms with Gasteiger partial charge in [-0.25, -0.2) is 4.98 Å². The van der Waals surface area contributed by atoms with Crippen LogP contribution in [0.4, 0.5) is 0 Å². The van der Waals surface area contributed by atoms with Gasteiger partial charge in [0.1, 0.15) is 5.76 Å². The van der Waals surface area contributed by atoms with Gasteiger partial charge in [-0.15, -0.1) is 0 Å². The van der Waals surface area contributed by atoms with Crippen LogP contribution in [0.3, 0.4) is 0 Å². The summed E-state index contributed by atoms with van der Waals surface area (Å²) in [5, 5.41) is 13.7. The third kappa shape index (κ3) is 3.82. The Morgan fingerprint density at radius 3 is 2.67 bits per heavy atom. The average molecular weight is 252 g/mol. The van der Waals surface area contributed by atoms with Crippen molar-refractivity contribution in [1.29, 1.82) is 0 Å². The molecule has 4 heteroatoms. The summed E-state index contributed by atoms with van der Waals surface area (Å²) in [4.78, 5) is 4.20. The van der Waals surface area contributed by atoms with E-state index in [0.29, 0.717) is 19.0 Å². The molecule has 0 radical (unpaired) electrons. The zero-order chi connectivity index (χ0) is 12.8. The van der Waals surface area contributed by atoms with Crippen molar-refractivity contribution in [3.63, 3.8) is 0 Å². The molecule has 102 valence electrons. The Kier molecular flexibility index (Phi) is 4.78. The van der Waals surface area contributed by atoms with Gasteiger partial charge < -0.3 is 14.8 Å². The van der Waals surface area contributed by atoms with Gasteiger partial charge in [0, 0.05) is 13.0 Å². The summed E-state index contributed by atoms with van der Waals surface area (Å²) in [7, 11) is 0. The first-order valence-electron chi connectivity index (χ1n) is 7.08. The smallest absolute Gasteiger partial charge is 0.208 e. The topological polar surface area (TPSA) is 58.3 Å². The first-order valence-corrected chi connectivity index (χ1v) is 7.08. The molecule has 0 saturated heterocycles. The van der Waals surface area contributed by atoms with Crippen LogP contribution in [0.15, 0.2) is 10.6 Å². The maximum absolute atomic E-state index is 10.5. The second kappa shape index (κ2) is 6.34. The Balaban J connectivity index is 1.76. The number of hydrogen-bond donors (Lipinski definition) is 2. The molecule has 0 unspecified atom stereocenters. The van der Waals surface area contributed by atoms with E-state index in [4.69, 9.17) is 4.42 Å². The van der Waals surface area contributed by atoms with E-state index in [0.717, 1.165) is 37.9 Å². The molecular weight excluding hydrogens is 228 g/mol. The maximum atomic E-state index is 10.5. The summed E-state index contributed by atoms with van der Waals surface area (Å²) >= 11 is 0. The summed E-state index contributed by atoms with van der Waals surface area (Å²) in [5.74, 6) is 1.63. The molecule has 0 aromatic carbocycles. The Hall–Kier alpha value is -0.870. The fraction of sp³-hybridized carbons (Fsp3) is 0.786. The second-order valence-corrected chi connectivity index (χ2v) is 5.32. The molecule has 1 aliphatic rings. The Morgan fingerprint density at radius 2 is 2.06 bits per heavy atom. The first-order chi connectivity index (χ1) is 8.72. The van der Waals surface area contributed by atoms with Gasteiger partial charge in [-0.2, -0.15) is 0 Å². The normalized spacial score (nSPS) is 19.7. The van der Waals surface area contributed by atoms with Crippen LogP contribution in [0.25, 0.3) is 0 Å². The van der Waals surface area contributed by atoms with Crippen LogP contribution in [-0.2, 0) is 13.0 Å². The molecule has 1 aromatic heterocycles. The van der Waals surface area contributed by atoms with Crippen molar-refractivity contribution in [3.05, 3.63) is 17.8 Å². The van der Waals surface area contributed by atoms with Crippen molar-refractivity contribution in [2.75, 3.05) is 6.54 Å². The lowest BCUT2D eigenvalue weighted by Crippen LogP contribution is -2.39. The average Bonchev–Trinajstić information content (AvgIpc) is 2.71. The number of aliphatic hydroxyl groups is 1. The SMILES string of the molecule is CCc1cnc(CNCC2(O)CCCCCC2)o1. The van der Waals surface area contributed by atoms with E-state index in [1.165, 1.54) is 12.8 Å². The lowest BCUT2D eigenvalue weighted by molar-refractivity contribution is 0.0246. The standard InChI is InChI=1S/C14H24N2O2/c1-2-12-9-16-13(18-12)10-15-11-14(17)7-5-3-4-6-8-14/h9,15,17H,2-8,10-11H2,1H3. The highest BCUT2D eigenvalue weighted by Gasteiger charge is 2.27. The lowest BCUT2D eigenvalue weighted by atomic mass is 9.94. The van der Waals surface area contributed by atoms with Gasteiger partial charge in [0.05, 0.1) is 18.3 Å². The monoisotopic (exact) mass is 252 g/mol. The first kappa shape index (κ1) is 13.6. The predicted octanol–water partition coefficient (Wildman–Crippen LogP) is 2.41. The number of aromatic nitrogens is 1. The van der Waals surface area contributed by atoms with Gasteiger partial charge in [-0.05, 0) is 12.8 Å². The Morgan fingerprint density at radius 1 is 1.33 bits per heavy atom. The number of oxazole rings is 1. The van der Waals surface area contributed by atoms with Crippen LogP contribution in [0, 0.1) is 0 Å². The van der Waals surface area contributed by atoms with Crippen LogP contribution >= 0.6 is 0 Å². The van der Waals surface area contributed by atoms with E-state index in [1.807, 2.05) is 6.92 Å². The minimum absolute atomic E-state index is 0.531. The van der Waals surface area contributed by atoms with Crippen LogP contribution in [0.2, 0.25) is 0 Å². The third-order valence-electron chi connectivity index (χ3n) is 3.71. The quantitative estimate of drug-likeness (QED) is 0.790. The van der Waals surface area contributed by atoms with Crippen LogP contribution in [0.5, 0.6) is 0 Å². The third-order valence-corrected chi connectivity index (χ3v) is 3.71. The van der Waals surface area contributed by atoms with Gasteiger partial charge in [0.25, 0.3) is 0 Å². The van der Waals surface area contributed by atoms with E-state index in [1.54, 1.807) is 6.20 Å². The molecular formula is C14H24N2O2. The zero-order valence-electron chi connectivity index (χ0n) is 11.2. The molecule has 0 atom stereocenters. The molecule has 0 spiro atoms. The number of rotatable bonds is 5. The molecule has 18 heavy (non-hydrogen) atoms. The summed E-state index contributed by atoms with van der Waals surface area (Å²) in [6.45, 7) is 3.28. The van der Waals surface area contributed by atoms with E-state index in [2.05, 4.69) is 10.3 Å². The van der Waals surface area contributed by atoms with E-state index in [-0.39, 0.29) is 0 Å². The molecule has 0 aliphatic heterocycles. The van der Waals surface area contributed by atoms with E-state index >= 15 is 0 Å². The van der Waals surface area contributed by atoms with Gasteiger partial charge in [-0.1, -0.05) is 32.6 Å². The molecule has 1 aliphatic carbocycles. The number of nitrogens with zero attached hydrogens (tertiary/aromatic N) is 1. The number of hydrogen-bond acceptors (Lipinski definition) is 4. The Bertz CT molecular complexity index is 354. The highest BCUT2D eigenvalue weighted by molar-refractivity contribution is 4.93. The molecule has 0 amide bonds. The minimum atomic E-state index is -0.531. The van der Waals surface area contributed by atoms with Gasteiger partial charge in [0.15, 0.2) is 0 Å². The summed E-state index contributed by atoms with van der Waals surface area (Å²) in [6.07, 6.45) is 9.24. The molecule has 0 bridgehead atoms. The Labute approximate surface area is 109 Å². The highest BCUT2D eigenvalue weighted by atomic mass is 16.4. The summed E-state index contributed by atoms with van der Waals surface area (Å²) in [6, 6.07) is 0. The van der Waals surface area contributed by atoms with Gasteiger partial charge in [-0.3, -0.25) is 0 Å². The fourth-order valence-corrected chi connectivity index (χ4v) is 2.56. The van der Waals surface area contributed by atoms with E-state index in [9.17, 15) is 5.11 Å². The van der Waals surface area contributed by atoms with Crippen molar-refractivity contribution < 1.29 is 9.52 Å². The molecule has 4 nitrogen and oxygen atoms in total. The van der Waals surface area contributed by atoms with Crippen molar-refractivity contribution >= 4 is 0 Å². The molecule has 1 heterocycles. The lowest BCUT2D eigenvalue weighted by Gasteiger charge is -2.26. The van der Waals surface area contributed by atoms with Crippen LogP contribution in [-0.4, -0.2) is 22.2 Å². The molecule has 2 N–H and O–H groups in total. The van der Waals surface area contributed by atoms with Crippen molar-refractivity contribution in [3.8, 4) is 0 Å². The number of aryl methyl sites for hydroxylation is 1. The molecule has 1 fully saturated rings. The molecule has 2 rings (SSSR count). The maximum Gasteiger partial charge on any atom is 0.208 e. The summed E-state index contributed by atoms with van der Waals surface area (Å²) in [5.41, 5.74) is -0.531. The highest BCUT2D eigenvalue weighted by Crippen LogP contribution is 2.26. The number of nitrogens with one attached hydrogen (secondary N) is 1. The minimum Gasteiger partial charge on any atom is -0.444 e. The van der Waals surface area contributed by atoms with Crippen molar-refractivity contribution in [2.24, 2.45) is 0 Å². The van der Waals surface area contributed by atoms with E-state index < -0.39 is 5.60 Å². The van der Waals surface area contributed by atoms with Crippen LogP contribution < -0.4 is 5.32 Å². The predicted molar refractivity (Wildman–Crippen MR) is 70.2 cm³/mol. The largest absolute Gasteiger partial charge is 0.444 e. The van der Waals surface area contributed by atoms with Crippen molar-refractivity contribution in [2.45, 2.75) is 64.0 Å². The summed E-state index contributed by atoms with van der Waals surface area (Å²) < 4.78 is 5.52.